The topological polar surface area (TPSA) is 28.7 Å². The first-order valence-corrected chi connectivity index (χ1v) is 3.30. The Hall–Kier alpha value is -1.23. The summed E-state index contributed by atoms with van der Waals surface area (Å²) in [4.78, 5) is 7.20. The first-order valence-electron chi connectivity index (χ1n) is 3.30. The van der Waals surface area contributed by atoms with Crippen molar-refractivity contribution in [2.45, 2.75) is 20.3 Å². The van der Waals surface area contributed by atoms with Gasteiger partial charge in [-0.15, -0.1) is 6.42 Å². The van der Waals surface area contributed by atoms with Gasteiger partial charge in [-0.2, -0.15) is 0 Å². The number of nitrogens with one attached hydrogen (secondary N) is 1. The monoisotopic (exact) mass is 134 g/mol. The summed E-state index contributed by atoms with van der Waals surface area (Å²) in [5.41, 5.74) is 1.81. The van der Waals surface area contributed by atoms with Crippen LogP contribution in [0.2, 0.25) is 0 Å². The lowest BCUT2D eigenvalue weighted by molar-refractivity contribution is 1.04. The number of aromatic nitrogens is 2. The molecule has 0 aliphatic heterocycles. The summed E-state index contributed by atoms with van der Waals surface area (Å²) in [7, 11) is 0. The Bertz CT molecular complexity index is 265. The van der Waals surface area contributed by atoms with Crippen molar-refractivity contribution < 1.29 is 0 Å². The highest BCUT2D eigenvalue weighted by molar-refractivity contribution is 5.30. The third kappa shape index (κ3) is 1.03. The molecule has 1 aromatic rings. The SMILES string of the molecule is C#Cc1[nH]c(C)nc1CC. The Labute approximate surface area is 60.7 Å². The van der Waals surface area contributed by atoms with Crippen molar-refractivity contribution in [2.75, 3.05) is 0 Å². The molecule has 0 fully saturated rings. The molecule has 0 atom stereocenters. The average Bonchev–Trinajstić information content (AvgIpc) is 2.30. The van der Waals surface area contributed by atoms with E-state index in [-0.39, 0.29) is 0 Å². The van der Waals surface area contributed by atoms with E-state index >= 15 is 0 Å². The van der Waals surface area contributed by atoms with Gasteiger partial charge in [0, 0.05) is 0 Å². The minimum atomic E-state index is 0.819. The zero-order valence-electron chi connectivity index (χ0n) is 6.23. The molecule has 0 aromatic carbocycles. The summed E-state index contributed by atoms with van der Waals surface area (Å²) in [6.45, 7) is 3.94. The largest absolute Gasteiger partial charge is 0.336 e. The maximum Gasteiger partial charge on any atom is 0.112 e. The minimum absolute atomic E-state index is 0.819. The van der Waals surface area contributed by atoms with Crippen LogP contribution in [0.5, 0.6) is 0 Å². The van der Waals surface area contributed by atoms with Crippen LogP contribution in [0.3, 0.4) is 0 Å². The van der Waals surface area contributed by atoms with Gasteiger partial charge in [0.25, 0.3) is 0 Å². The highest BCUT2D eigenvalue weighted by Crippen LogP contribution is 2.03. The van der Waals surface area contributed by atoms with Gasteiger partial charge < -0.3 is 4.98 Å². The molecule has 2 heteroatoms. The van der Waals surface area contributed by atoms with Crippen molar-refractivity contribution in [3.8, 4) is 12.3 Å². The molecule has 0 amide bonds. The van der Waals surface area contributed by atoms with Crippen molar-refractivity contribution >= 4 is 0 Å². The molecule has 0 saturated heterocycles. The summed E-state index contributed by atoms with van der Waals surface area (Å²) in [5, 5.41) is 0. The Morgan fingerprint density at radius 2 is 2.40 bits per heavy atom. The van der Waals surface area contributed by atoms with Crippen LogP contribution in [0.25, 0.3) is 0 Å². The van der Waals surface area contributed by atoms with Crippen molar-refractivity contribution in [1.29, 1.82) is 0 Å². The first-order chi connectivity index (χ1) is 4.77. The van der Waals surface area contributed by atoms with Crippen LogP contribution in [0.1, 0.15) is 24.1 Å². The molecular weight excluding hydrogens is 124 g/mol. The van der Waals surface area contributed by atoms with E-state index in [2.05, 4.69) is 15.9 Å². The summed E-state index contributed by atoms with van der Waals surface area (Å²) in [6, 6.07) is 0. The number of H-pyrrole nitrogens is 1. The standard InChI is InChI=1S/C8H10N2/c1-4-7-8(5-2)10-6(3)9-7/h1H,5H2,2-3H3,(H,9,10). The molecule has 1 aromatic heterocycles. The van der Waals surface area contributed by atoms with E-state index in [1.807, 2.05) is 13.8 Å². The highest BCUT2D eigenvalue weighted by atomic mass is 14.9. The lowest BCUT2D eigenvalue weighted by Gasteiger charge is -1.85. The van der Waals surface area contributed by atoms with Gasteiger partial charge >= 0.3 is 0 Å². The Kier molecular flexibility index (Phi) is 1.77. The van der Waals surface area contributed by atoms with Crippen molar-refractivity contribution in [2.24, 2.45) is 0 Å². The second kappa shape index (κ2) is 2.57. The molecule has 52 valence electrons. The van der Waals surface area contributed by atoms with Gasteiger partial charge in [0.1, 0.15) is 11.5 Å². The third-order valence-electron chi connectivity index (χ3n) is 1.38. The van der Waals surface area contributed by atoms with Gasteiger partial charge in [-0.05, 0) is 13.3 Å². The first kappa shape index (κ1) is 6.88. The Morgan fingerprint density at radius 3 is 2.80 bits per heavy atom. The molecule has 1 rings (SSSR count). The fraction of sp³-hybridized carbons (Fsp3) is 0.375. The van der Waals surface area contributed by atoms with Gasteiger partial charge in [0.2, 0.25) is 0 Å². The molecule has 0 aliphatic carbocycles. The van der Waals surface area contributed by atoms with Crippen molar-refractivity contribution in [3.63, 3.8) is 0 Å². The van der Waals surface area contributed by atoms with Gasteiger partial charge in [0.15, 0.2) is 0 Å². The Morgan fingerprint density at radius 1 is 1.70 bits per heavy atom. The summed E-state index contributed by atoms with van der Waals surface area (Å²) in [5.74, 6) is 3.44. The smallest absolute Gasteiger partial charge is 0.112 e. The molecular formula is C8H10N2. The molecule has 0 spiro atoms. The molecule has 1 N–H and O–H groups in total. The highest BCUT2D eigenvalue weighted by Gasteiger charge is 2.01. The van der Waals surface area contributed by atoms with Crippen molar-refractivity contribution in [1.82, 2.24) is 9.97 Å². The van der Waals surface area contributed by atoms with E-state index in [4.69, 9.17) is 6.42 Å². The molecule has 0 bridgehead atoms. The van der Waals surface area contributed by atoms with Crippen molar-refractivity contribution in [3.05, 3.63) is 17.2 Å². The second-order valence-corrected chi connectivity index (χ2v) is 2.14. The minimum Gasteiger partial charge on any atom is -0.336 e. The van der Waals surface area contributed by atoms with Gasteiger partial charge in [-0.1, -0.05) is 12.8 Å². The fourth-order valence-corrected chi connectivity index (χ4v) is 0.915. The number of terminal acetylenes is 1. The van der Waals surface area contributed by atoms with Crippen LogP contribution in [0, 0.1) is 19.3 Å². The Balaban J connectivity index is 3.12. The van der Waals surface area contributed by atoms with E-state index in [1.165, 1.54) is 0 Å². The van der Waals surface area contributed by atoms with Crippen LogP contribution >= 0.6 is 0 Å². The number of imidazole rings is 1. The maximum atomic E-state index is 5.22. The number of aromatic amines is 1. The lowest BCUT2D eigenvalue weighted by atomic mass is 10.3. The quantitative estimate of drug-likeness (QED) is 0.575. The van der Waals surface area contributed by atoms with E-state index in [0.717, 1.165) is 23.6 Å². The number of rotatable bonds is 1. The summed E-state index contributed by atoms with van der Waals surface area (Å²) in [6.07, 6.45) is 6.11. The number of nitrogens with zero attached hydrogens (tertiary/aromatic N) is 1. The fourth-order valence-electron chi connectivity index (χ4n) is 0.915. The second-order valence-electron chi connectivity index (χ2n) is 2.14. The molecule has 0 unspecified atom stereocenters. The molecule has 0 aliphatic rings. The third-order valence-corrected chi connectivity index (χ3v) is 1.38. The normalized spacial score (nSPS) is 9.30. The van der Waals surface area contributed by atoms with Crippen LogP contribution in [0.4, 0.5) is 0 Å². The average molecular weight is 134 g/mol. The number of hydrogen-bond acceptors (Lipinski definition) is 1. The molecule has 10 heavy (non-hydrogen) atoms. The maximum absolute atomic E-state index is 5.22. The zero-order chi connectivity index (χ0) is 7.56. The van der Waals surface area contributed by atoms with Crippen LogP contribution in [-0.4, -0.2) is 9.97 Å². The van der Waals surface area contributed by atoms with Crippen LogP contribution < -0.4 is 0 Å². The molecule has 0 saturated carbocycles. The number of hydrogen-bond donors (Lipinski definition) is 1. The zero-order valence-corrected chi connectivity index (χ0v) is 6.23. The van der Waals surface area contributed by atoms with Crippen LogP contribution in [0.15, 0.2) is 0 Å². The molecule has 0 radical (unpaired) electrons. The number of aryl methyl sites for hydroxylation is 2. The van der Waals surface area contributed by atoms with E-state index < -0.39 is 0 Å². The van der Waals surface area contributed by atoms with Gasteiger partial charge in [0.05, 0.1) is 5.69 Å². The van der Waals surface area contributed by atoms with Gasteiger partial charge in [-0.25, -0.2) is 4.98 Å². The van der Waals surface area contributed by atoms with Crippen LogP contribution in [-0.2, 0) is 6.42 Å². The lowest BCUT2D eigenvalue weighted by Crippen LogP contribution is -1.83. The predicted octanol–water partition coefficient (Wildman–Crippen LogP) is 1.26. The van der Waals surface area contributed by atoms with E-state index in [0.29, 0.717) is 0 Å². The van der Waals surface area contributed by atoms with Gasteiger partial charge in [-0.3, -0.25) is 0 Å². The summed E-state index contributed by atoms with van der Waals surface area (Å²) < 4.78 is 0. The molecule has 2 nitrogen and oxygen atoms in total. The predicted molar refractivity (Wildman–Crippen MR) is 40.6 cm³/mol. The molecule has 1 heterocycles. The van der Waals surface area contributed by atoms with E-state index in [9.17, 15) is 0 Å². The van der Waals surface area contributed by atoms with E-state index in [1.54, 1.807) is 0 Å². The summed E-state index contributed by atoms with van der Waals surface area (Å²) >= 11 is 0.